The van der Waals surface area contributed by atoms with Gasteiger partial charge in [-0.15, -0.1) is 10.2 Å². The molecule has 1 aliphatic heterocycles. The van der Waals surface area contributed by atoms with Gasteiger partial charge in [-0.05, 0) is 25.5 Å². The maximum atomic E-state index is 12.4. The fourth-order valence-corrected chi connectivity index (χ4v) is 2.21. The first-order valence-electron chi connectivity index (χ1n) is 6.21. The zero-order valence-corrected chi connectivity index (χ0v) is 11.5. The summed E-state index contributed by atoms with van der Waals surface area (Å²) in [5, 5.41) is 14.4. The first-order chi connectivity index (χ1) is 8.85. The van der Waals surface area contributed by atoms with Gasteiger partial charge in [0, 0.05) is 0 Å². The van der Waals surface area contributed by atoms with Gasteiger partial charge in [-0.25, -0.2) is 0 Å². The number of piperazine rings is 1. The number of amides is 2. The van der Waals surface area contributed by atoms with Crippen molar-refractivity contribution in [2.75, 3.05) is 0 Å². The summed E-state index contributed by atoms with van der Waals surface area (Å²) >= 11 is 0. The molecule has 0 bridgehead atoms. The fourth-order valence-electron chi connectivity index (χ4n) is 2.21. The van der Waals surface area contributed by atoms with Crippen LogP contribution < -0.4 is 5.32 Å². The van der Waals surface area contributed by atoms with Crippen LogP contribution in [0, 0.1) is 0 Å². The summed E-state index contributed by atoms with van der Waals surface area (Å²) in [6, 6.07) is -0.482. The van der Waals surface area contributed by atoms with E-state index in [0.717, 1.165) is 0 Å². The van der Waals surface area contributed by atoms with Crippen LogP contribution in [0.2, 0.25) is 0 Å². The predicted octanol–water partition coefficient (Wildman–Crippen LogP) is -0.774. The summed E-state index contributed by atoms with van der Waals surface area (Å²) < 4.78 is 0. The van der Waals surface area contributed by atoms with Gasteiger partial charge in [-0.1, -0.05) is 6.92 Å². The van der Waals surface area contributed by atoms with Crippen LogP contribution in [-0.4, -0.2) is 48.5 Å². The molecule has 1 atom stereocenters. The van der Waals surface area contributed by atoms with E-state index < -0.39 is 11.6 Å². The third kappa shape index (κ3) is 2.42. The van der Waals surface area contributed by atoms with Gasteiger partial charge < -0.3 is 10.2 Å². The molecule has 2 amide bonds. The number of tetrazole rings is 1. The quantitative estimate of drug-likeness (QED) is 0.775. The van der Waals surface area contributed by atoms with E-state index in [-0.39, 0.29) is 18.4 Å². The van der Waals surface area contributed by atoms with Crippen molar-refractivity contribution >= 4 is 11.8 Å². The Morgan fingerprint density at radius 3 is 2.58 bits per heavy atom. The van der Waals surface area contributed by atoms with Crippen LogP contribution in [0.5, 0.6) is 0 Å². The van der Waals surface area contributed by atoms with Gasteiger partial charge in [-0.3, -0.25) is 9.59 Å². The highest BCUT2D eigenvalue weighted by Crippen LogP contribution is 2.21. The molecule has 1 unspecified atom stereocenters. The van der Waals surface area contributed by atoms with Gasteiger partial charge in [0.2, 0.25) is 11.8 Å². The molecule has 19 heavy (non-hydrogen) atoms. The van der Waals surface area contributed by atoms with Crippen LogP contribution in [0.25, 0.3) is 0 Å². The van der Waals surface area contributed by atoms with Crippen molar-refractivity contribution in [3.8, 4) is 0 Å². The Labute approximate surface area is 111 Å². The SMILES string of the molecule is CCC1C(=O)NC(C)(C)C(=O)N1Cc1nnn(C)n1. The van der Waals surface area contributed by atoms with Gasteiger partial charge in [0.15, 0.2) is 5.82 Å². The van der Waals surface area contributed by atoms with E-state index in [1.807, 2.05) is 6.92 Å². The van der Waals surface area contributed by atoms with Crippen molar-refractivity contribution in [2.24, 2.45) is 7.05 Å². The standard InChI is InChI=1S/C11H18N6O2/c1-5-7-9(18)12-11(2,3)10(19)17(7)6-8-13-15-16(4)14-8/h7H,5-6H2,1-4H3,(H,12,18). The molecular weight excluding hydrogens is 248 g/mol. The maximum absolute atomic E-state index is 12.4. The van der Waals surface area contributed by atoms with E-state index in [4.69, 9.17) is 0 Å². The average Bonchev–Trinajstić information content (AvgIpc) is 2.71. The van der Waals surface area contributed by atoms with Gasteiger partial charge in [0.1, 0.15) is 11.6 Å². The van der Waals surface area contributed by atoms with Crippen molar-refractivity contribution in [1.29, 1.82) is 0 Å². The lowest BCUT2D eigenvalue weighted by atomic mass is 9.96. The van der Waals surface area contributed by atoms with Crippen LogP contribution in [0.3, 0.4) is 0 Å². The van der Waals surface area contributed by atoms with Gasteiger partial charge in [0.25, 0.3) is 0 Å². The summed E-state index contributed by atoms with van der Waals surface area (Å²) in [6.45, 7) is 5.45. The van der Waals surface area contributed by atoms with Crippen LogP contribution >= 0.6 is 0 Å². The lowest BCUT2D eigenvalue weighted by Gasteiger charge is -2.42. The van der Waals surface area contributed by atoms with E-state index in [1.54, 1.807) is 20.9 Å². The number of aromatic nitrogens is 4. The van der Waals surface area contributed by atoms with E-state index >= 15 is 0 Å². The highest BCUT2D eigenvalue weighted by Gasteiger charge is 2.44. The van der Waals surface area contributed by atoms with Crippen molar-refractivity contribution in [1.82, 2.24) is 30.4 Å². The van der Waals surface area contributed by atoms with Crippen LogP contribution in [0.4, 0.5) is 0 Å². The minimum absolute atomic E-state index is 0.133. The summed E-state index contributed by atoms with van der Waals surface area (Å²) in [5.74, 6) is 0.155. The highest BCUT2D eigenvalue weighted by molar-refractivity contribution is 5.99. The molecule has 0 radical (unpaired) electrons. The molecule has 104 valence electrons. The molecule has 8 heteroatoms. The average molecular weight is 266 g/mol. The number of hydrogen-bond donors (Lipinski definition) is 1. The zero-order chi connectivity index (χ0) is 14.2. The number of carbonyl (C=O) groups is 2. The van der Waals surface area contributed by atoms with Crippen LogP contribution in [0.15, 0.2) is 0 Å². The van der Waals surface area contributed by atoms with E-state index in [9.17, 15) is 9.59 Å². The second kappa shape index (κ2) is 4.60. The predicted molar refractivity (Wildman–Crippen MR) is 65.6 cm³/mol. The largest absolute Gasteiger partial charge is 0.340 e. The van der Waals surface area contributed by atoms with Crippen molar-refractivity contribution in [2.45, 2.75) is 45.3 Å². The number of hydrogen-bond acceptors (Lipinski definition) is 5. The number of aryl methyl sites for hydroxylation is 1. The number of carbonyl (C=O) groups excluding carboxylic acids is 2. The fraction of sp³-hybridized carbons (Fsp3) is 0.727. The Bertz CT molecular complexity index is 509. The minimum atomic E-state index is -0.898. The molecule has 1 N–H and O–H groups in total. The molecule has 0 aliphatic carbocycles. The molecule has 0 aromatic carbocycles. The third-order valence-electron chi connectivity index (χ3n) is 3.16. The monoisotopic (exact) mass is 266 g/mol. The summed E-state index contributed by atoms with van der Waals surface area (Å²) in [4.78, 5) is 27.3. The first kappa shape index (κ1) is 13.4. The van der Waals surface area contributed by atoms with Crippen molar-refractivity contribution in [3.05, 3.63) is 5.82 Å². The molecule has 1 aromatic rings. The van der Waals surface area contributed by atoms with E-state index in [0.29, 0.717) is 12.2 Å². The number of nitrogens with one attached hydrogen (secondary N) is 1. The number of nitrogens with zero attached hydrogens (tertiary/aromatic N) is 5. The summed E-state index contributed by atoms with van der Waals surface area (Å²) in [5.41, 5.74) is -0.898. The smallest absolute Gasteiger partial charge is 0.248 e. The molecular formula is C11H18N6O2. The second-order valence-electron chi connectivity index (χ2n) is 5.17. The Morgan fingerprint density at radius 2 is 2.05 bits per heavy atom. The summed E-state index contributed by atoms with van der Waals surface area (Å²) in [6.07, 6.45) is 0.550. The normalized spacial score (nSPS) is 22.5. The second-order valence-corrected chi connectivity index (χ2v) is 5.17. The number of rotatable bonds is 3. The molecule has 1 saturated heterocycles. The van der Waals surface area contributed by atoms with Gasteiger partial charge >= 0.3 is 0 Å². The summed E-state index contributed by atoms with van der Waals surface area (Å²) in [7, 11) is 1.66. The van der Waals surface area contributed by atoms with Crippen LogP contribution in [-0.2, 0) is 23.2 Å². The van der Waals surface area contributed by atoms with Gasteiger partial charge in [0.05, 0.1) is 13.6 Å². The lowest BCUT2D eigenvalue weighted by molar-refractivity contribution is -0.154. The Morgan fingerprint density at radius 1 is 1.37 bits per heavy atom. The Kier molecular flexibility index (Phi) is 3.25. The van der Waals surface area contributed by atoms with Crippen LogP contribution in [0.1, 0.15) is 33.0 Å². The lowest BCUT2D eigenvalue weighted by Crippen LogP contribution is -2.67. The molecule has 0 spiro atoms. The minimum Gasteiger partial charge on any atom is -0.340 e. The molecule has 8 nitrogen and oxygen atoms in total. The highest BCUT2D eigenvalue weighted by atomic mass is 16.2. The molecule has 2 rings (SSSR count). The molecule has 1 aliphatic rings. The molecule has 1 fully saturated rings. The molecule has 1 aromatic heterocycles. The third-order valence-corrected chi connectivity index (χ3v) is 3.16. The first-order valence-corrected chi connectivity index (χ1v) is 6.21. The maximum Gasteiger partial charge on any atom is 0.248 e. The molecule has 0 saturated carbocycles. The Balaban J connectivity index is 2.27. The Hall–Kier alpha value is -1.99. The van der Waals surface area contributed by atoms with Gasteiger partial charge in [-0.2, -0.15) is 4.80 Å². The van der Waals surface area contributed by atoms with Crippen molar-refractivity contribution < 1.29 is 9.59 Å². The topological polar surface area (TPSA) is 93.0 Å². The zero-order valence-electron chi connectivity index (χ0n) is 11.5. The van der Waals surface area contributed by atoms with E-state index in [1.165, 1.54) is 9.70 Å². The van der Waals surface area contributed by atoms with E-state index in [2.05, 4.69) is 20.7 Å². The van der Waals surface area contributed by atoms with Crippen molar-refractivity contribution in [3.63, 3.8) is 0 Å². The molecule has 2 heterocycles.